The number of amides is 1. The minimum absolute atomic E-state index is 0.0383. The van der Waals surface area contributed by atoms with Crippen molar-refractivity contribution < 1.29 is 9.32 Å². The number of rotatable bonds is 5. The second kappa shape index (κ2) is 7.02. The van der Waals surface area contributed by atoms with E-state index < -0.39 is 0 Å². The van der Waals surface area contributed by atoms with Crippen LogP contribution < -0.4 is 11.1 Å². The average molecular weight is 320 g/mol. The second-order valence-corrected chi connectivity index (χ2v) is 6.62. The summed E-state index contributed by atoms with van der Waals surface area (Å²) in [5, 5.41) is 8.97. The van der Waals surface area contributed by atoms with Crippen molar-refractivity contribution in [1.82, 2.24) is 15.5 Å². The molecule has 6 nitrogen and oxygen atoms in total. The molecule has 0 aromatic carbocycles. The number of nitrogens with one attached hydrogen (secondary N) is 1. The standard InChI is InChI=1S/C15H20N4O2S/c16-10-3-5-11(6-4-10)17-13(20)7-8-14-18-15(19-21-14)12-2-1-9-22-12/h1-2,9-11H,3-8,16H2,(H,17,20). The van der Waals surface area contributed by atoms with E-state index in [9.17, 15) is 4.79 Å². The predicted molar refractivity (Wildman–Crippen MR) is 84.3 cm³/mol. The molecule has 0 unspecified atom stereocenters. The second-order valence-electron chi connectivity index (χ2n) is 5.67. The Morgan fingerprint density at radius 1 is 1.41 bits per heavy atom. The zero-order valence-electron chi connectivity index (χ0n) is 12.3. The van der Waals surface area contributed by atoms with Crippen LogP contribution in [0.15, 0.2) is 22.0 Å². The number of aromatic nitrogens is 2. The average Bonchev–Trinajstić information content (AvgIpc) is 3.18. The molecular weight excluding hydrogens is 300 g/mol. The largest absolute Gasteiger partial charge is 0.353 e. The minimum atomic E-state index is 0.0383. The van der Waals surface area contributed by atoms with Crippen molar-refractivity contribution in [3.05, 3.63) is 23.4 Å². The van der Waals surface area contributed by atoms with Gasteiger partial charge in [0.25, 0.3) is 0 Å². The van der Waals surface area contributed by atoms with Gasteiger partial charge in [-0.05, 0) is 37.1 Å². The van der Waals surface area contributed by atoms with Gasteiger partial charge in [-0.15, -0.1) is 11.3 Å². The van der Waals surface area contributed by atoms with E-state index in [4.69, 9.17) is 10.3 Å². The Bertz CT molecular complexity index is 603. The van der Waals surface area contributed by atoms with Gasteiger partial charge in [0.1, 0.15) is 0 Å². The first-order valence-electron chi connectivity index (χ1n) is 7.62. The number of thiophene rings is 1. The molecule has 1 aliphatic rings. The first-order valence-corrected chi connectivity index (χ1v) is 8.50. The summed E-state index contributed by atoms with van der Waals surface area (Å²) >= 11 is 1.56. The van der Waals surface area contributed by atoms with Crippen LogP contribution >= 0.6 is 11.3 Å². The molecule has 2 heterocycles. The van der Waals surface area contributed by atoms with Gasteiger partial charge < -0.3 is 15.6 Å². The quantitative estimate of drug-likeness (QED) is 0.880. The van der Waals surface area contributed by atoms with Crippen molar-refractivity contribution in [2.24, 2.45) is 5.73 Å². The van der Waals surface area contributed by atoms with Gasteiger partial charge in [-0.1, -0.05) is 11.2 Å². The minimum Gasteiger partial charge on any atom is -0.353 e. The third-order valence-electron chi connectivity index (χ3n) is 3.91. The van der Waals surface area contributed by atoms with Crippen LogP contribution in [0.1, 0.15) is 38.0 Å². The van der Waals surface area contributed by atoms with E-state index in [0.29, 0.717) is 30.6 Å². The summed E-state index contributed by atoms with van der Waals surface area (Å²) in [6.07, 6.45) is 4.74. The molecule has 118 valence electrons. The molecule has 2 aromatic rings. The number of nitrogens with two attached hydrogens (primary N) is 1. The maximum absolute atomic E-state index is 12.0. The van der Waals surface area contributed by atoms with Crippen molar-refractivity contribution in [2.75, 3.05) is 0 Å². The van der Waals surface area contributed by atoms with Gasteiger partial charge in [0, 0.05) is 24.9 Å². The van der Waals surface area contributed by atoms with Gasteiger partial charge in [-0.3, -0.25) is 4.79 Å². The van der Waals surface area contributed by atoms with Gasteiger partial charge >= 0.3 is 0 Å². The maximum atomic E-state index is 12.0. The Morgan fingerprint density at radius 3 is 2.95 bits per heavy atom. The van der Waals surface area contributed by atoms with E-state index in [1.165, 1.54) is 0 Å². The fourth-order valence-corrected chi connectivity index (χ4v) is 3.30. The van der Waals surface area contributed by atoms with Crippen LogP contribution in [-0.4, -0.2) is 28.1 Å². The topological polar surface area (TPSA) is 94.0 Å². The summed E-state index contributed by atoms with van der Waals surface area (Å²) in [5.41, 5.74) is 5.87. The number of nitrogens with zero attached hydrogens (tertiary/aromatic N) is 2. The highest BCUT2D eigenvalue weighted by Gasteiger charge is 2.20. The molecule has 7 heteroatoms. The summed E-state index contributed by atoms with van der Waals surface area (Å²) in [6, 6.07) is 4.44. The van der Waals surface area contributed by atoms with Gasteiger partial charge in [-0.2, -0.15) is 4.98 Å². The predicted octanol–water partition coefficient (Wildman–Crippen LogP) is 2.12. The Hall–Kier alpha value is -1.73. The van der Waals surface area contributed by atoms with Crippen molar-refractivity contribution in [1.29, 1.82) is 0 Å². The lowest BCUT2D eigenvalue weighted by atomic mass is 9.92. The highest BCUT2D eigenvalue weighted by Crippen LogP contribution is 2.21. The molecule has 1 aliphatic carbocycles. The lowest BCUT2D eigenvalue weighted by Gasteiger charge is -2.26. The molecule has 0 aliphatic heterocycles. The van der Waals surface area contributed by atoms with E-state index in [0.717, 1.165) is 30.6 Å². The molecule has 0 spiro atoms. The Kier molecular flexibility index (Phi) is 4.84. The van der Waals surface area contributed by atoms with Gasteiger partial charge in [-0.25, -0.2) is 0 Å². The molecular formula is C15H20N4O2S. The summed E-state index contributed by atoms with van der Waals surface area (Å²) in [6.45, 7) is 0. The van der Waals surface area contributed by atoms with Crippen molar-refractivity contribution in [3.8, 4) is 10.7 Å². The molecule has 0 radical (unpaired) electrons. The number of carbonyl (C=O) groups is 1. The lowest BCUT2D eigenvalue weighted by Crippen LogP contribution is -2.40. The number of carbonyl (C=O) groups excluding carboxylic acids is 1. The zero-order chi connectivity index (χ0) is 15.4. The lowest BCUT2D eigenvalue weighted by molar-refractivity contribution is -0.122. The fraction of sp³-hybridized carbons (Fsp3) is 0.533. The number of hydrogen-bond acceptors (Lipinski definition) is 6. The highest BCUT2D eigenvalue weighted by atomic mass is 32.1. The molecule has 1 saturated carbocycles. The van der Waals surface area contributed by atoms with Crippen LogP contribution in [0.2, 0.25) is 0 Å². The molecule has 0 saturated heterocycles. The molecule has 1 fully saturated rings. The Balaban J connectivity index is 1.45. The van der Waals surface area contributed by atoms with Crippen molar-refractivity contribution in [2.45, 2.75) is 50.6 Å². The highest BCUT2D eigenvalue weighted by molar-refractivity contribution is 7.13. The Labute approximate surface area is 133 Å². The van der Waals surface area contributed by atoms with Gasteiger partial charge in [0.05, 0.1) is 4.88 Å². The molecule has 22 heavy (non-hydrogen) atoms. The smallest absolute Gasteiger partial charge is 0.227 e. The zero-order valence-corrected chi connectivity index (χ0v) is 13.1. The van der Waals surface area contributed by atoms with Crippen molar-refractivity contribution >= 4 is 17.2 Å². The van der Waals surface area contributed by atoms with Crippen LogP contribution in [0.25, 0.3) is 10.7 Å². The fourth-order valence-electron chi connectivity index (χ4n) is 2.65. The summed E-state index contributed by atoms with van der Waals surface area (Å²) < 4.78 is 5.19. The van der Waals surface area contributed by atoms with Crippen LogP contribution in [0.4, 0.5) is 0 Å². The van der Waals surface area contributed by atoms with E-state index in [1.807, 2.05) is 17.5 Å². The van der Waals surface area contributed by atoms with Gasteiger partial charge in [0.2, 0.25) is 17.6 Å². The summed E-state index contributed by atoms with van der Waals surface area (Å²) in [5.74, 6) is 1.13. The number of hydrogen-bond donors (Lipinski definition) is 2. The molecule has 0 atom stereocenters. The normalized spacial score (nSPS) is 21.7. The third-order valence-corrected chi connectivity index (χ3v) is 4.78. The first kappa shape index (κ1) is 15.2. The summed E-state index contributed by atoms with van der Waals surface area (Å²) in [7, 11) is 0. The molecule has 3 rings (SSSR count). The molecule has 0 bridgehead atoms. The first-order chi connectivity index (χ1) is 10.7. The van der Waals surface area contributed by atoms with Crippen LogP contribution in [0, 0.1) is 0 Å². The van der Waals surface area contributed by atoms with Crippen LogP contribution in [-0.2, 0) is 11.2 Å². The SMILES string of the molecule is NC1CCC(NC(=O)CCc2nc(-c3cccs3)no2)CC1. The van der Waals surface area contributed by atoms with Gasteiger partial charge in [0.15, 0.2) is 0 Å². The molecule has 2 aromatic heterocycles. The van der Waals surface area contributed by atoms with E-state index in [1.54, 1.807) is 11.3 Å². The van der Waals surface area contributed by atoms with E-state index >= 15 is 0 Å². The number of aryl methyl sites for hydroxylation is 1. The summed E-state index contributed by atoms with van der Waals surface area (Å²) in [4.78, 5) is 17.3. The molecule has 1 amide bonds. The van der Waals surface area contributed by atoms with E-state index in [2.05, 4.69) is 15.5 Å². The van der Waals surface area contributed by atoms with Crippen LogP contribution in [0.3, 0.4) is 0 Å². The van der Waals surface area contributed by atoms with E-state index in [-0.39, 0.29) is 11.9 Å². The third kappa shape index (κ3) is 3.92. The van der Waals surface area contributed by atoms with Crippen molar-refractivity contribution in [3.63, 3.8) is 0 Å². The molecule has 3 N–H and O–H groups in total. The maximum Gasteiger partial charge on any atom is 0.227 e. The Morgan fingerprint density at radius 2 is 2.23 bits per heavy atom. The van der Waals surface area contributed by atoms with Crippen LogP contribution in [0.5, 0.6) is 0 Å². The monoisotopic (exact) mass is 320 g/mol.